The van der Waals surface area contributed by atoms with Gasteiger partial charge in [-0.2, -0.15) is 21.1 Å². The molecule has 4 aromatic rings. The van der Waals surface area contributed by atoms with Gasteiger partial charge >= 0.3 is 193 Å². The van der Waals surface area contributed by atoms with Crippen molar-refractivity contribution < 1.29 is 189 Å². The van der Waals surface area contributed by atoms with E-state index in [0.29, 0.717) is 19.3 Å². The number of amides is 4. The maximum Gasteiger partial charge on any atom is 0.329 e. The summed E-state index contributed by atoms with van der Waals surface area (Å²) in [6.45, 7) is 34.2. The van der Waals surface area contributed by atoms with Crippen LogP contribution in [0.2, 0.25) is 14.8 Å². The number of aryl methyl sites for hydroxylation is 2. The van der Waals surface area contributed by atoms with Gasteiger partial charge in [-0.3, -0.25) is 14.4 Å². The van der Waals surface area contributed by atoms with E-state index in [9.17, 15) is 43.5 Å². The average Bonchev–Trinajstić information content (AvgIpc) is 0.834. The fraction of sp³-hybridized carbons (Fsp3) is 0.556. The molecule has 0 saturated carbocycles. The summed E-state index contributed by atoms with van der Waals surface area (Å²) in [4.78, 5) is 113. The number of carbonyl (C=O) groups excluding carboxylic acids is 7. The van der Waals surface area contributed by atoms with E-state index in [4.69, 9.17) is 14.2 Å². The standard InChI is InChI=1S/C20H31N2O3.C19H28BrN2O3.C19H28N2O3.C16H23N2O3.7CH3.Sn.4Y/c1-14-9-11-15(12-10-14)13-16(17(23)25-19(2,3)4)22(8)18(24)20(5,6)21-7;1-18(2,3)25-16(23)15(12-13-8-10-14(20)11-9-13)22(7)17(24)19(4,5)21-6;1-18(2,3)24-16(22)15(13-14-11-9-8-10-12-14)21(7)17(23)19(4,5)20-6;1-11-6-8-12(9-7-11)10-13(14(19)20)18(5)15(21)16(2,3)17-4;;;;;;;;;;;;/h9-12,16H,13H2,1-8H3;8-11,15H,12H2,1-7H3;9-12,15H,13H2,1-7H3;6-9,13H,10H2,1-5H3,(H,19,20);7*1H3;;;;;/q4*-1;;;;4*-1;;;;;. The Labute approximate surface area is 761 Å². The first kappa shape index (κ1) is 121. The van der Waals surface area contributed by atoms with Gasteiger partial charge in [0.25, 0.3) is 0 Å². The molecule has 0 spiro atoms. The van der Waals surface area contributed by atoms with Gasteiger partial charge in [0, 0.05) is 176 Å². The zero-order chi connectivity index (χ0) is 76.9. The Morgan fingerprint density at radius 3 is 0.748 bits per heavy atom. The summed E-state index contributed by atoms with van der Waals surface area (Å²) in [5.74, 6) is -3.17. The van der Waals surface area contributed by atoms with E-state index >= 15 is 0 Å². The number of nitrogens with zero attached hydrogens (tertiary/aromatic N) is 8. The van der Waals surface area contributed by atoms with Gasteiger partial charge in [0.1, 0.15) is 29.3 Å². The average molecular weight is 1960 g/mol. The van der Waals surface area contributed by atoms with E-state index in [2.05, 4.69) is 76.3 Å². The van der Waals surface area contributed by atoms with Crippen molar-refractivity contribution in [2.24, 2.45) is 0 Å². The first-order valence-corrected chi connectivity index (χ1v) is 44.2. The molecule has 26 heteroatoms. The molecule has 0 aliphatic rings. The van der Waals surface area contributed by atoms with E-state index in [0.717, 1.165) is 37.9 Å². The monoisotopic (exact) mass is 1960 g/mol. The van der Waals surface area contributed by atoms with Crippen LogP contribution in [0.3, 0.4) is 0 Å². The van der Waals surface area contributed by atoms with Crippen LogP contribution < -0.4 is 3.58 Å². The maximum absolute atomic E-state index is 12.9. The van der Waals surface area contributed by atoms with Gasteiger partial charge in [0.15, 0.2) is 0 Å². The van der Waals surface area contributed by atoms with Crippen LogP contribution in [0.4, 0.5) is 0 Å². The first-order chi connectivity index (χ1) is 45.0. The van der Waals surface area contributed by atoms with Crippen molar-refractivity contribution in [1.29, 1.82) is 0 Å². The molecule has 0 saturated heterocycles. The van der Waals surface area contributed by atoms with Crippen LogP contribution in [0.25, 0.3) is 21.3 Å². The van der Waals surface area contributed by atoms with Gasteiger partial charge in [-0.1, -0.05) is 129 Å². The molecule has 4 rings (SSSR count). The predicted molar refractivity (Wildman–Crippen MR) is 431 cm³/mol. The minimum Gasteiger partial charge on any atom is -0.652 e. The Hall–Kier alpha value is -1.83. The van der Waals surface area contributed by atoms with Gasteiger partial charge in [-0.15, -0.1) is 0 Å². The minimum atomic E-state index is -2.13. The number of ether oxygens (including phenoxy) is 3. The molecular formula is C81H131BrN8O12SnY4-8. The second-order valence-corrected chi connectivity index (χ2v) is 46.6. The molecule has 0 aliphatic heterocycles. The molecule has 0 bridgehead atoms. The van der Waals surface area contributed by atoms with Crippen molar-refractivity contribution in [3.05, 3.63) is 186 Å². The number of esters is 3. The number of carboxylic acids is 1. The Morgan fingerprint density at radius 1 is 0.374 bits per heavy atom. The maximum atomic E-state index is 12.9. The Balaban J connectivity index is -0.000000199. The van der Waals surface area contributed by atoms with E-state index < -0.39 is 105 Å². The summed E-state index contributed by atoms with van der Waals surface area (Å²) in [6.07, 6.45) is 1.47. The van der Waals surface area contributed by atoms with E-state index in [1.165, 1.54) is 30.2 Å². The second-order valence-electron chi connectivity index (χ2n) is 31.2. The van der Waals surface area contributed by atoms with Gasteiger partial charge in [0.05, 0.1) is 0 Å². The van der Waals surface area contributed by atoms with Crippen molar-refractivity contribution in [1.82, 2.24) is 19.6 Å². The van der Waals surface area contributed by atoms with Gasteiger partial charge in [-0.25, -0.2) is 14.4 Å². The van der Waals surface area contributed by atoms with Crippen LogP contribution in [-0.2, 0) is 209 Å². The fourth-order valence-electron chi connectivity index (χ4n) is 9.41. The Kier molecular flexibility index (Phi) is 59.4. The van der Waals surface area contributed by atoms with Crippen LogP contribution in [0.1, 0.15) is 151 Å². The molecule has 20 nitrogen and oxygen atoms in total. The normalized spacial score (nSPS) is 12.3. The zero-order valence-corrected chi connectivity index (χ0v) is 87.4. The number of benzene rings is 4. The smallest absolute Gasteiger partial charge is 0.329 e. The molecule has 4 radical (unpaired) electrons. The summed E-state index contributed by atoms with van der Waals surface area (Å²) in [5.41, 5.74) is 0.646. The molecule has 0 aromatic heterocycles. The zero-order valence-electron chi connectivity index (χ0n) is 71.6. The van der Waals surface area contributed by atoms with E-state index in [1.807, 2.05) is 149 Å². The number of carboxylic acid groups (broad SMARTS) is 1. The molecule has 1 N–H and O–H groups in total. The topological polar surface area (TPSA) is 254 Å². The van der Waals surface area contributed by atoms with Crippen molar-refractivity contribution in [3.8, 4) is 0 Å². The third kappa shape index (κ3) is 42.9. The SMILES string of the molecule is C[N-]C(C)(C)C(=O)N(C)C(Cc1cc[c]([Sn]([CH3])([CH3])[CH3])cc1)C(=O)OC(C)(C)C.C[N-]C(C)(C)C(=O)N(C)C(Cc1ccc(Br)cc1)C(=O)OC(C)(C)C.C[N-]C(C)(C)C(=O)N(C)C(Cc1ccc(C)cc1)C(=O)O.C[N-]C(C)(C)C(=O)N(C)C(Cc1ccc(C)cc1)C(=O)OC(C)(C)C.[CH3-].[CH3-].[CH3-].[CH3-].[Y].[Y].[Y].[Y]. The number of aliphatic carboxylic acids is 1. The molecule has 4 aromatic carbocycles. The third-order valence-electron chi connectivity index (χ3n) is 16.5. The summed E-state index contributed by atoms with van der Waals surface area (Å²) >= 11 is 1.27. The summed E-state index contributed by atoms with van der Waals surface area (Å²) in [7, 11) is 12.8. The van der Waals surface area contributed by atoms with Crippen LogP contribution in [0.5, 0.6) is 0 Å². The third-order valence-corrected chi connectivity index (χ3v) is 22.9. The number of hydrogen-bond donors (Lipinski definition) is 1. The molecular weight excluding hydrogens is 1830 g/mol. The molecule has 0 aliphatic carbocycles. The summed E-state index contributed by atoms with van der Waals surface area (Å²) in [6, 6.07) is 28.7. The van der Waals surface area contributed by atoms with Crippen LogP contribution >= 0.6 is 15.9 Å². The van der Waals surface area contributed by atoms with Crippen LogP contribution in [-0.4, -0.2) is 210 Å². The van der Waals surface area contributed by atoms with E-state index in [-0.39, 0.29) is 191 Å². The Bertz CT molecular complexity index is 3190. The number of rotatable bonds is 25. The quantitative estimate of drug-likeness (QED) is 0.0281. The van der Waals surface area contributed by atoms with Gasteiger partial charge < -0.3 is 74.9 Å². The molecule has 4 unspecified atom stereocenters. The molecule has 4 atom stereocenters. The van der Waals surface area contributed by atoms with Gasteiger partial charge in [0.2, 0.25) is 17.7 Å². The van der Waals surface area contributed by atoms with Crippen LogP contribution in [0.15, 0.2) is 102 Å². The molecule has 0 heterocycles. The fourth-order valence-corrected chi connectivity index (χ4v) is 13.0. The predicted octanol–water partition coefficient (Wildman–Crippen LogP) is 15.2. The molecule has 0 fully saturated rings. The second kappa shape index (κ2) is 52.6. The first-order valence-electron chi connectivity index (χ1n) is 33.4. The molecule has 4 amide bonds. The molecule has 107 heavy (non-hydrogen) atoms. The van der Waals surface area contributed by atoms with Gasteiger partial charge in [-0.05, 0) is 101 Å². The number of carbonyl (C=O) groups is 8. The number of likely N-dealkylation sites (N-methyl/N-ethyl adjacent to an activating group) is 8. The van der Waals surface area contributed by atoms with Crippen molar-refractivity contribution in [2.45, 2.75) is 235 Å². The van der Waals surface area contributed by atoms with Crippen LogP contribution in [0, 0.1) is 43.6 Å². The van der Waals surface area contributed by atoms with Crippen molar-refractivity contribution >= 4 is 85.4 Å². The summed E-state index contributed by atoms with van der Waals surface area (Å²) in [5, 5.41) is 25.9. The van der Waals surface area contributed by atoms with Crippen molar-refractivity contribution in [2.75, 3.05) is 56.4 Å². The number of halogens is 1. The minimum absolute atomic E-state index is 0. The van der Waals surface area contributed by atoms with E-state index in [1.54, 1.807) is 105 Å². The summed E-state index contributed by atoms with van der Waals surface area (Å²) < 4.78 is 19.1. The Morgan fingerprint density at radius 2 is 0.561 bits per heavy atom. The number of hydrogen-bond acceptors (Lipinski definition) is 11. The largest absolute Gasteiger partial charge is 0.652 e. The van der Waals surface area contributed by atoms with Crippen molar-refractivity contribution in [3.63, 3.8) is 0 Å². The molecule has 598 valence electrons.